The van der Waals surface area contributed by atoms with E-state index < -0.39 is 18.1 Å². The highest BCUT2D eigenvalue weighted by Crippen LogP contribution is 2.27. The molecule has 1 aromatic carbocycles. The molecule has 0 spiro atoms. The Morgan fingerprint density at radius 2 is 1.12 bits per heavy atom. The van der Waals surface area contributed by atoms with Crippen LogP contribution in [0.4, 0.5) is 0 Å². The molecule has 0 amide bonds. The molecule has 0 radical (unpaired) electrons. The first kappa shape index (κ1) is 13.8. The maximum absolute atomic E-state index is 11.2. The van der Waals surface area contributed by atoms with Crippen LogP contribution in [0.15, 0.2) is 21.9 Å². The Bertz CT molecular complexity index is 579. The van der Waals surface area contributed by atoms with Crippen molar-refractivity contribution in [2.24, 2.45) is 0 Å². The van der Waals surface area contributed by atoms with Gasteiger partial charge in [-0.25, -0.2) is 16.8 Å². The van der Waals surface area contributed by atoms with Gasteiger partial charge in [0.15, 0.2) is 0 Å². The summed E-state index contributed by atoms with van der Waals surface area (Å²) in [5.74, 6) is 0. The Morgan fingerprint density at radius 3 is 1.38 bits per heavy atom. The highest BCUT2D eigenvalue weighted by Gasteiger charge is 2.21. The average Bonchev–Trinajstić information content (AvgIpc) is 1.97. The van der Waals surface area contributed by atoms with Gasteiger partial charge in [0.25, 0.3) is 18.1 Å². The van der Waals surface area contributed by atoms with Gasteiger partial charge in [0, 0.05) is 21.4 Å². The van der Waals surface area contributed by atoms with Gasteiger partial charge < -0.3 is 0 Å². The van der Waals surface area contributed by atoms with E-state index in [4.69, 9.17) is 21.4 Å². The van der Waals surface area contributed by atoms with Gasteiger partial charge in [-0.15, -0.1) is 0 Å². The molecule has 0 unspecified atom stereocenters. The Labute approximate surface area is 103 Å². The van der Waals surface area contributed by atoms with E-state index in [2.05, 4.69) is 0 Å². The smallest absolute Gasteiger partial charge is 0.207 e. The highest BCUT2D eigenvalue weighted by molar-refractivity contribution is 8.14. The number of hydrogen-bond acceptors (Lipinski definition) is 4. The van der Waals surface area contributed by atoms with E-state index >= 15 is 0 Å². The third-order valence-electron chi connectivity index (χ3n) is 2.00. The van der Waals surface area contributed by atoms with E-state index in [0.29, 0.717) is 11.1 Å². The van der Waals surface area contributed by atoms with Crippen LogP contribution in [0.3, 0.4) is 0 Å². The number of aryl methyl sites for hydroxylation is 2. The second-order valence-corrected chi connectivity index (χ2v) is 8.33. The van der Waals surface area contributed by atoms with Crippen molar-refractivity contribution in [3.05, 3.63) is 23.3 Å². The van der Waals surface area contributed by atoms with Gasteiger partial charge in [0.1, 0.15) is 0 Å². The van der Waals surface area contributed by atoms with E-state index in [9.17, 15) is 16.8 Å². The van der Waals surface area contributed by atoms with Crippen LogP contribution < -0.4 is 0 Å². The summed E-state index contributed by atoms with van der Waals surface area (Å²) in [7, 11) is 2.38. The first-order chi connectivity index (χ1) is 7.03. The van der Waals surface area contributed by atoms with Crippen molar-refractivity contribution in [2.75, 3.05) is 0 Å². The summed E-state index contributed by atoms with van der Waals surface area (Å²) in [5, 5.41) is 0. The van der Waals surface area contributed by atoms with Gasteiger partial charge in [-0.2, -0.15) is 0 Å². The SMILES string of the molecule is Cc1cc(C)c(S(=O)(=O)Cl)cc1S(=O)(=O)Cl. The second kappa shape index (κ2) is 4.18. The summed E-state index contributed by atoms with van der Waals surface area (Å²) in [6, 6.07) is 2.37. The summed E-state index contributed by atoms with van der Waals surface area (Å²) >= 11 is 0. The quantitative estimate of drug-likeness (QED) is 0.785. The molecule has 0 aliphatic heterocycles. The van der Waals surface area contributed by atoms with Crippen LogP contribution in [0.2, 0.25) is 0 Å². The van der Waals surface area contributed by atoms with Crippen molar-refractivity contribution < 1.29 is 16.8 Å². The van der Waals surface area contributed by atoms with E-state index in [1.165, 1.54) is 19.9 Å². The molecule has 0 bridgehead atoms. The molecular weight excluding hydrogens is 295 g/mol. The van der Waals surface area contributed by atoms with Crippen LogP contribution in [-0.2, 0) is 18.1 Å². The topological polar surface area (TPSA) is 68.3 Å². The molecule has 0 saturated carbocycles. The molecule has 0 N–H and O–H groups in total. The van der Waals surface area contributed by atoms with Gasteiger partial charge in [-0.1, -0.05) is 6.07 Å². The highest BCUT2D eigenvalue weighted by atomic mass is 35.7. The first-order valence-electron chi connectivity index (χ1n) is 4.04. The minimum absolute atomic E-state index is 0.251. The average molecular weight is 303 g/mol. The number of halogens is 2. The van der Waals surface area contributed by atoms with Gasteiger partial charge in [-0.05, 0) is 31.0 Å². The molecule has 0 heterocycles. The van der Waals surface area contributed by atoms with Gasteiger partial charge in [0.2, 0.25) is 0 Å². The summed E-state index contributed by atoms with van der Waals surface area (Å²) < 4.78 is 44.7. The fourth-order valence-corrected chi connectivity index (χ4v) is 3.82. The molecule has 1 rings (SSSR count). The molecule has 0 atom stereocenters. The molecule has 0 saturated heterocycles. The zero-order valence-electron chi connectivity index (χ0n) is 8.36. The fraction of sp³-hybridized carbons (Fsp3) is 0.250. The minimum atomic E-state index is -3.98. The molecule has 90 valence electrons. The zero-order chi connectivity index (χ0) is 12.7. The summed E-state index contributed by atoms with van der Waals surface area (Å²) in [4.78, 5) is -0.502. The predicted molar refractivity (Wildman–Crippen MR) is 62.0 cm³/mol. The molecule has 0 aromatic heterocycles. The van der Waals surface area contributed by atoms with Crippen molar-refractivity contribution in [1.82, 2.24) is 0 Å². The van der Waals surface area contributed by atoms with Crippen LogP contribution in [-0.4, -0.2) is 16.8 Å². The molecular formula is C8H8Cl2O4S2. The summed E-state index contributed by atoms with van der Waals surface area (Å²) in [6.45, 7) is 3.04. The number of benzene rings is 1. The van der Waals surface area contributed by atoms with Crippen molar-refractivity contribution in [1.29, 1.82) is 0 Å². The van der Waals surface area contributed by atoms with Crippen LogP contribution in [0.5, 0.6) is 0 Å². The fourth-order valence-electron chi connectivity index (χ4n) is 1.34. The first-order valence-corrected chi connectivity index (χ1v) is 8.66. The van der Waals surface area contributed by atoms with E-state index in [1.807, 2.05) is 0 Å². The summed E-state index contributed by atoms with van der Waals surface area (Å²) in [5.41, 5.74) is 0.744. The normalized spacial score (nSPS) is 12.8. The van der Waals surface area contributed by atoms with Gasteiger partial charge in [0.05, 0.1) is 9.79 Å². The number of rotatable bonds is 2. The Kier molecular flexibility index (Phi) is 3.59. The largest absolute Gasteiger partial charge is 0.261 e. The van der Waals surface area contributed by atoms with Crippen molar-refractivity contribution in [2.45, 2.75) is 23.6 Å². The number of hydrogen-bond donors (Lipinski definition) is 0. The van der Waals surface area contributed by atoms with E-state index in [1.54, 1.807) is 0 Å². The van der Waals surface area contributed by atoms with Crippen LogP contribution in [0.25, 0.3) is 0 Å². The molecule has 8 heteroatoms. The predicted octanol–water partition coefficient (Wildman–Crippen LogP) is 2.16. The lowest BCUT2D eigenvalue weighted by molar-refractivity contribution is 0.607. The molecule has 16 heavy (non-hydrogen) atoms. The Hall–Kier alpha value is -0.300. The summed E-state index contributed by atoms with van der Waals surface area (Å²) in [6.07, 6.45) is 0. The maximum atomic E-state index is 11.2. The molecule has 0 aliphatic carbocycles. The molecule has 0 aliphatic rings. The Morgan fingerprint density at radius 1 is 0.812 bits per heavy atom. The van der Waals surface area contributed by atoms with Crippen LogP contribution in [0, 0.1) is 13.8 Å². The molecule has 0 fully saturated rings. The van der Waals surface area contributed by atoms with Crippen LogP contribution >= 0.6 is 21.4 Å². The maximum Gasteiger partial charge on any atom is 0.261 e. The van der Waals surface area contributed by atoms with Crippen molar-refractivity contribution >= 4 is 39.5 Å². The Balaban J connectivity index is 3.72. The van der Waals surface area contributed by atoms with E-state index in [-0.39, 0.29) is 9.79 Å². The van der Waals surface area contributed by atoms with Crippen molar-refractivity contribution in [3.8, 4) is 0 Å². The van der Waals surface area contributed by atoms with E-state index in [0.717, 1.165) is 6.07 Å². The molecule has 1 aromatic rings. The standard InChI is InChI=1S/C8H8Cl2O4S2/c1-5-3-6(2)8(16(10,13)14)4-7(5)15(9,11)12/h3-4H,1-2H3. The zero-order valence-corrected chi connectivity index (χ0v) is 11.5. The lowest BCUT2D eigenvalue weighted by atomic mass is 10.2. The molecule has 4 nitrogen and oxygen atoms in total. The van der Waals surface area contributed by atoms with Crippen molar-refractivity contribution in [3.63, 3.8) is 0 Å². The second-order valence-electron chi connectivity index (χ2n) is 3.26. The lowest BCUT2D eigenvalue weighted by Crippen LogP contribution is -2.01. The monoisotopic (exact) mass is 302 g/mol. The minimum Gasteiger partial charge on any atom is -0.207 e. The third kappa shape index (κ3) is 2.88. The van der Waals surface area contributed by atoms with Gasteiger partial charge in [-0.3, -0.25) is 0 Å². The lowest BCUT2D eigenvalue weighted by Gasteiger charge is -2.07. The third-order valence-corrected chi connectivity index (χ3v) is 4.93. The van der Waals surface area contributed by atoms with Gasteiger partial charge >= 0.3 is 0 Å². The van der Waals surface area contributed by atoms with Crippen LogP contribution in [0.1, 0.15) is 11.1 Å².